The molecule has 32 heavy (non-hydrogen) atoms. The lowest BCUT2D eigenvalue weighted by molar-refractivity contribution is -0.139. The van der Waals surface area contributed by atoms with Gasteiger partial charge >= 0.3 is 0 Å². The van der Waals surface area contributed by atoms with Crippen molar-refractivity contribution in [2.24, 2.45) is 0 Å². The second-order valence-corrected chi connectivity index (χ2v) is 9.08. The number of methoxy groups -OCH3 is 1. The molecule has 2 amide bonds. The molecule has 0 aliphatic rings. The van der Waals surface area contributed by atoms with Crippen LogP contribution in [0.25, 0.3) is 0 Å². The summed E-state index contributed by atoms with van der Waals surface area (Å²) in [7, 11) is 1.62. The fourth-order valence-corrected chi connectivity index (χ4v) is 4.33. The van der Waals surface area contributed by atoms with Gasteiger partial charge in [-0.25, -0.2) is 0 Å². The summed E-state index contributed by atoms with van der Waals surface area (Å²) in [6.45, 7) is 8.40. The SMILES string of the molecule is CCC(C)NC(=O)C(CC)N(Cc1cccc(OC)c1)C(=O)CSCc1cccc(C)c1. The third-order valence-electron chi connectivity index (χ3n) is 5.45. The van der Waals surface area contributed by atoms with Crippen molar-refractivity contribution >= 4 is 23.6 Å². The molecule has 2 unspecified atom stereocenters. The average molecular weight is 457 g/mol. The Hall–Kier alpha value is -2.47. The number of thioether (sulfide) groups is 1. The van der Waals surface area contributed by atoms with Gasteiger partial charge in [0.25, 0.3) is 0 Å². The Balaban J connectivity index is 2.16. The number of amides is 2. The molecule has 0 saturated heterocycles. The second kappa shape index (κ2) is 13.2. The van der Waals surface area contributed by atoms with Crippen LogP contribution in [0.1, 0.15) is 50.3 Å². The van der Waals surface area contributed by atoms with E-state index in [1.807, 2.05) is 51.1 Å². The molecule has 0 aliphatic heterocycles. The van der Waals surface area contributed by atoms with Gasteiger partial charge < -0.3 is 15.0 Å². The van der Waals surface area contributed by atoms with Gasteiger partial charge in [-0.3, -0.25) is 9.59 Å². The summed E-state index contributed by atoms with van der Waals surface area (Å²) in [5.74, 6) is 1.70. The van der Waals surface area contributed by atoms with Crippen molar-refractivity contribution in [2.45, 2.75) is 64.9 Å². The molecule has 2 rings (SSSR count). The zero-order valence-electron chi connectivity index (χ0n) is 19.9. The van der Waals surface area contributed by atoms with Crippen LogP contribution < -0.4 is 10.1 Å². The lowest BCUT2D eigenvalue weighted by atomic mass is 10.1. The van der Waals surface area contributed by atoms with Gasteiger partial charge in [0.05, 0.1) is 12.9 Å². The second-order valence-electron chi connectivity index (χ2n) is 8.10. The Morgan fingerprint density at radius 3 is 2.44 bits per heavy atom. The molecule has 1 N–H and O–H groups in total. The van der Waals surface area contributed by atoms with E-state index in [2.05, 4.69) is 30.4 Å². The third-order valence-corrected chi connectivity index (χ3v) is 6.44. The number of hydrogen-bond donors (Lipinski definition) is 1. The van der Waals surface area contributed by atoms with Crippen LogP contribution in [0.3, 0.4) is 0 Å². The maximum absolute atomic E-state index is 13.3. The average Bonchev–Trinajstić information content (AvgIpc) is 2.78. The molecule has 2 aromatic rings. The quantitative estimate of drug-likeness (QED) is 0.490. The number of rotatable bonds is 12. The van der Waals surface area contributed by atoms with Crippen molar-refractivity contribution in [3.63, 3.8) is 0 Å². The fraction of sp³-hybridized carbons (Fsp3) is 0.462. The summed E-state index contributed by atoms with van der Waals surface area (Å²) in [6, 6.07) is 15.5. The molecule has 6 heteroatoms. The van der Waals surface area contributed by atoms with Crippen molar-refractivity contribution in [3.8, 4) is 5.75 Å². The molecule has 0 saturated carbocycles. The lowest BCUT2D eigenvalue weighted by Crippen LogP contribution is -2.51. The van der Waals surface area contributed by atoms with Crippen LogP contribution in [0.4, 0.5) is 0 Å². The molecular weight excluding hydrogens is 420 g/mol. The van der Waals surface area contributed by atoms with Crippen LogP contribution in [0.15, 0.2) is 48.5 Å². The van der Waals surface area contributed by atoms with Gasteiger partial charge in [-0.05, 0) is 49.9 Å². The Labute approximate surface area is 196 Å². The van der Waals surface area contributed by atoms with Crippen LogP contribution in [0.2, 0.25) is 0 Å². The smallest absolute Gasteiger partial charge is 0.243 e. The number of nitrogens with one attached hydrogen (secondary N) is 1. The van der Waals surface area contributed by atoms with E-state index in [0.717, 1.165) is 23.5 Å². The number of nitrogens with zero attached hydrogens (tertiary/aromatic N) is 1. The molecule has 0 spiro atoms. The zero-order chi connectivity index (χ0) is 23.5. The van der Waals surface area contributed by atoms with Gasteiger partial charge in [0.15, 0.2) is 0 Å². The molecule has 0 aromatic heterocycles. The molecular formula is C26H36N2O3S. The number of carbonyl (C=O) groups excluding carboxylic acids is 2. The van der Waals surface area contributed by atoms with Crippen LogP contribution in [-0.2, 0) is 21.9 Å². The van der Waals surface area contributed by atoms with Gasteiger partial charge in [-0.2, -0.15) is 0 Å². The number of hydrogen-bond acceptors (Lipinski definition) is 4. The Bertz CT molecular complexity index is 887. The normalized spacial score (nSPS) is 12.7. The monoisotopic (exact) mass is 456 g/mol. The summed E-state index contributed by atoms with van der Waals surface area (Å²) < 4.78 is 5.34. The van der Waals surface area contributed by atoms with E-state index in [9.17, 15) is 9.59 Å². The highest BCUT2D eigenvalue weighted by molar-refractivity contribution is 7.99. The minimum atomic E-state index is -0.512. The first kappa shape index (κ1) is 25.8. The minimum absolute atomic E-state index is 0.0309. The Morgan fingerprint density at radius 1 is 1.06 bits per heavy atom. The van der Waals surface area contributed by atoms with Crippen LogP contribution in [-0.4, -0.2) is 41.7 Å². The molecule has 2 aromatic carbocycles. The van der Waals surface area contributed by atoms with Crippen molar-refractivity contribution in [3.05, 3.63) is 65.2 Å². The van der Waals surface area contributed by atoms with Gasteiger partial charge in [0, 0.05) is 18.3 Å². The Morgan fingerprint density at radius 2 is 1.78 bits per heavy atom. The van der Waals surface area contributed by atoms with Gasteiger partial charge in [0.1, 0.15) is 11.8 Å². The molecule has 0 radical (unpaired) electrons. The summed E-state index contributed by atoms with van der Waals surface area (Å²) in [5, 5.41) is 3.05. The van der Waals surface area contributed by atoms with Crippen LogP contribution in [0.5, 0.6) is 5.75 Å². The summed E-state index contributed by atoms with van der Waals surface area (Å²) in [6.07, 6.45) is 1.40. The molecule has 174 valence electrons. The first-order chi connectivity index (χ1) is 15.4. The third kappa shape index (κ3) is 7.90. The molecule has 5 nitrogen and oxygen atoms in total. The van der Waals surface area contributed by atoms with Crippen molar-refractivity contribution in [2.75, 3.05) is 12.9 Å². The summed E-state index contributed by atoms with van der Waals surface area (Å²) in [5.41, 5.74) is 3.35. The van der Waals surface area contributed by atoms with Crippen molar-refractivity contribution in [1.29, 1.82) is 0 Å². The van der Waals surface area contributed by atoms with E-state index < -0.39 is 6.04 Å². The summed E-state index contributed by atoms with van der Waals surface area (Å²) in [4.78, 5) is 28.0. The van der Waals surface area contributed by atoms with Gasteiger partial charge in [-0.15, -0.1) is 11.8 Å². The fourth-order valence-electron chi connectivity index (χ4n) is 3.47. The number of aryl methyl sites for hydroxylation is 1. The van der Waals surface area contributed by atoms with Crippen molar-refractivity contribution < 1.29 is 14.3 Å². The highest BCUT2D eigenvalue weighted by Crippen LogP contribution is 2.20. The highest BCUT2D eigenvalue weighted by Gasteiger charge is 2.29. The number of carbonyl (C=O) groups is 2. The number of benzene rings is 2. The maximum atomic E-state index is 13.3. The van der Waals surface area contributed by atoms with E-state index in [4.69, 9.17) is 4.74 Å². The minimum Gasteiger partial charge on any atom is -0.497 e. The van der Waals surface area contributed by atoms with E-state index >= 15 is 0 Å². The van der Waals surface area contributed by atoms with E-state index in [1.54, 1.807) is 23.8 Å². The first-order valence-electron chi connectivity index (χ1n) is 11.2. The zero-order valence-corrected chi connectivity index (χ0v) is 20.7. The van der Waals surface area contributed by atoms with E-state index in [-0.39, 0.29) is 17.9 Å². The van der Waals surface area contributed by atoms with Crippen molar-refractivity contribution in [1.82, 2.24) is 10.2 Å². The van der Waals surface area contributed by atoms with Gasteiger partial charge in [-0.1, -0.05) is 55.8 Å². The van der Waals surface area contributed by atoms with Crippen LogP contribution >= 0.6 is 11.8 Å². The predicted molar refractivity (Wildman–Crippen MR) is 133 cm³/mol. The predicted octanol–water partition coefficient (Wildman–Crippen LogP) is 4.96. The molecule has 0 bridgehead atoms. The maximum Gasteiger partial charge on any atom is 0.243 e. The standard InChI is InChI=1S/C26H36N2O3S/c1-6-20(4)27-26(30)24(7-2)28(16-21-11-9-13-23(15-21)31-5)25(29)18-32-17-22-12-8-10-19(3)14-22/h8-15,20,24H,6-7,16-18H2,1-5H3,(H,27,30). The first-order valence-corrected chi connectivity index (χ1v) is 12.4. The highest BCUT2D eigenvalue weighted by atomic mass is 32.2. The van der Waals surface area contributed by atoms with Gasteiger partial charge in [0.2, 0.25) is 11.8 Å². The van der Waals surface area contributed by atoms with E-state index in [0.29, 0.717) is 18.7 Å². The summed E-state index contributed by atoms with van der Waals surface area (Å²) >= 11 is 1.58. The molecule has 0 aliphatic carbocycles. The van der Waals surface area contributed by atoms with Crippen LogP contribution in [0, 0.1) is 6.92 Å². The topological polar surface area (TPSA) is 58.6 Å². The van der Waals surface area contributed by atoms with E-state index in [1.165, 1.54) is 11.1 Å². The largest absolute Gasteiger partial charge is 0.497 e. The number of ether oxygens (including phenoxy) is 1. The Kier molecular flexibility index (Phi) is 10.6. The molecule has 0 heterocycles. The molecule has 2 atom stereocenters. The molecule has 0 fully saturated rings. The lowest BCUT2D eigenvalue weighted by Gasteiger charge is -2.31.